The van der Waals surface area contributed by atoms with Crippen molar-refractivity contribution in [3.05, 3.63) is 29.3 Å². The number of hydrogen-bond acceptors (Lipinski definition) is 4. The molecule has 4 nitrogen and oxygen atoms in total. The molecule has 4 heteroatoms. The summed E-state index contributed by atoms with van der Waals surface area (Å²) >= 11 is 0. The summed E-state index contributed by atoms with van der Waals surface area (Å²) in [6.45, 7) is 3.21. The van der Waals surface area contributed by atoms with Gasteiger partial charge in [0.15, 0.2) is 6.79 Å². The molecular formula is C22H32O4. The fraction of sp³-hybridized carbons (Fsp3) is 0.727. The summed E-state index contributed by atoms with van der Waals surface area (Å²) in [4.78, 5) is 0. The minimum absolute atomic E-state index is 0.314. The summed E-state index contributed by atoms with van der Waals surface area (Å²) in [5, 5.41) is 0. The molecule has 0 radical (unpaired) electrons. The molecule has 0 heterocycles. The van der Waals surface area contributed by atoms with Crippen LogP contribution in [0.5, 0.6) is 5.75 Å². The van der Waals surface area contributed by atoms with Gasteiger partial charge < -0.3 is 18.9 Å². The van der Waals surface area contributed by atoms with Crippen molar-refractivity contribution < 1.29 is 18.9 Å². The van der Waals surface area contributed by atoms with Crippen LogP contribution >= 0.6 is 0 Å². The molecule has 144 valence electrons. The van der Waals surface area contributed by atoms with E-state index in [-0.39, 0.29) is 0 Å². The van der Waals surface area contributed by atoms with Gasteiger partial charge in [-0.25, -0.2) is 0 Å². The predicted molar refractivity (Wildman–Crippen MR) is 100 cm³/mol. The maximum atomic E-state index is 6.08. The number of benzene rings is 1. The fourth-order valence-electron chi connectivity index (χ4n) is 6.15. The van der Waals surface area contributed by atoms with Crippen LogP contribution in [0.2, 0.25) is 0 Å². The Hall–Kier alpha value is -1.10. The molecule has 0 bridgehead atoms. The van der Waals surface area contributed by atoms with Gasteiger partial charge in [-0.2, -0.15) is 0 Å². The van der Waals surface area contributed by atoms with Crippen molar-refractivity contribution in [1.29, 1.82) is 0 Å². The summed E-state index contributed by atoms with van der Waals surface area (Å²) in [6, 6.07) is 6.67. The lowest BCUT2D eigenvalue weighted by Gasteiger charge is -2.50. The van der Waals surface area contributed by atoms with Gasteiger partial charge in [0.25, 0.3) is 0 Å². The van der Waals surface area contributed by atoms with E-state index in [0.29, 0.717) is 31.0 Å². The molecule has 26 heavy (non-hydrogen) atoms. The third kappa shape index (κ3) is 3.06. The van der Waals surface area contributed by atoms with Crippen molar-refractivity contribution in [2.45, 2.75) is 57.5 Å². The van der Waals surface area contributed by atoms with E-state index in [1.54, 1.807) is 19.8 Å². The van der Waals surface area contributed by atoms with Crippen LogP contribution in [0, 0.1) is 17.3 Å². The van der Waals surface area contributed by atoms with E-state index < -0.39 is 0 Å². The highest BCUT2D eigenvalue weighted by atomic mass is 16.7. The van der Waals surface area contributed by atoms with Crippen LogP contribution in [-0.2, 0) is 20.6 Å². The second-order valence-corrected chi connectivity index (χ2v) is 8.51. The second-order valence-electron chi connectivity index (χ2n) is 8.51. The largest absolute Gasteiger partial charge is 0.468 e. The Kier molecular flexibility index (Phi) is 5.27. The number of ether oxygens (including phenoxy) is 4. The average Bonchev–Trinajstić information content (AvgIpc) is 3.00. The first-order chi connectivity index (χ1) is 12.7. The van der Waals surface area contributed by atoms with Crippen molar-refractivity contribution in [3.8, 4) is 5.75 Å². The van der Waals surface area contributed by atoms with Crippen molar-refractivity contribution in [2.24, 2.45) is 17.3 Å². The zero-order valence-electron chi connectivity index (χ0n) is 16.3. The highest BCUT2D eigenvalue weighted by molar-refractivity contribution is 5.40. The summed E-state index contributed by atoms with van der Waals surface area (Å²) in [7, 11) is 3.38. The van der Waals surface area contributed by atoms with Crippen LogP contribution in [0.25, 0.3) is 0 Å². The predicted octanol–water partition coefficient (Wildman–Crippen LogP) is 4.51. The van der Waals surface area contributed by atoms with E-state index in [0.717, 1.165) is 24.0 Å². The van der Waals surface area contributed by atoms with Crippen LogP contribution in [-0.4, -0.2) is 33.9 Å². The molecule has 2 fully saturated rings. The van der Waals surface area contributed by atoms with Gasteiger partial charge in [-0.15, -0.1) is 0 Å². The van der Waals surface area contributed by atoms with E-state index in [1.165, 1.54) is 37.7 Å². The highest BCUT2D eigenvalue weighted by Crippen LogP contribution is 2.61. The number of fused-ring (bicyclic) bond motifs is 5. The molecule has 2 saturated carbocycles. The maximum Gasteiger partial charge on any atom is 0.188 e. The number of aryl methyl sites for hydroxylation is 1. The first-order valence-electron chi connectivity index (χ1n) is 10.0. The molecule has 0 N–H and O–H groups in total. The Bertz CT molecular complexity index is 631. The van der Waals surface area contributed by atoms with Crippen molar-refractivity contribution in [2.75, 3.05) is 27.8 Å². The van der Waals surface area contributed by atoms with Crippen molar-refractivity contribution in [1.82, 2.24) is 0 Å². The van der Waals surface area contributed by atoms with E-state index in [2.05, 4.69) is 25.1 Å². The van der Waals surface area contributed by atoms with Gasteiger partial charge in [-0.1, -0.05) is 13.0 Å². The van der Waals surface area contributed by atoms with Gasteiger partial charge in [-0.05, 0) is 85.0 Å². The molecule has 5 unspecified atom stereocenters. The van der Waals surface area contributed by atoms with Crippen LogP contribution in [0.4, 0.5) is 0 Å². The molecule has 4 rings (SSSR count). The number of hydrogen-bond donors (Lipinski definition) is 0. The summed E-state index contributed by atoms with van der Waals surface area (Å²) < 4.78 is 21.9. The molecule has 3 aliphatic rings. The minimum Gasteiger partial charge on any atom is -0.468 e. The smallest absolute Gasteiger partial charge is 0.188 e. The van der Waals surface area contributed by atoms with Gasteiger partial charge in [-0.3, -0.25) is 0 Å². The Morgan fingerprint density at radius 1 is 1.04 bits per heavy atom. The zero-order chi connectivity index (χ0) is 18.1. The van der Waals surface area contributed by atoms with E-state index in [9.17, 15) is 0 Å². The second kappa shape index (κ2) is 7.49. The molecule has 1 aromatic carbocycles. The van der Waals surface area contributed by atoms with E-state index in [1.807, 2.05) is 0 Å². The Balaban J connectivity index is 1.53. The average molecular weight is 360 g/mol. The standard InChI is InChI=1S/C22H32O4/c1-22-11-10-18-17-7-5-16(25-13-23-2)12-15(17)4-6-19(18)20(22)8-9-21(22)26-14-24-3/h5,7,12,18-21H,4,6,8-11,13-14H2,1-3H3. The Labute approximate surface area is 157 Å². The lowest BCUT2D eigenvalue weighted by Crippen LogP contribution is -2.44. The van der Waals surface area contributed by atoms with Gasteiger partial charge in [0, 0.05) is 14.2 Å². The molecule has 1 aromatic rings. The number of methoxy groups -OCH3 is 2. The zero-order valence-corrected chi connectivity index (χ0v) is 16.3. The minimum atomic E-state index is 0.314. The van der Waals surface area contributed by atoms with Gasteiger partial charge in [0.2, 0.25) is 0 Å². The maximum absolute atomic E-state index is 6.08. The molecular weight excluding hydrogens is 328 g/mol. The monoisotopic (exact) mass is 360 g/mol. The summed E-state index contributed by atoms with van der Waals surface area (Å²) in [5.74, 6) is 3.21. The Morgan fingerprint density at radius 3 is 2.69 bits per heavy atom. The fourth-order valence-corrected chi connectivity index (χ4v) is 6.15. The van der Waals surface area contributed by atoms with Crippen molar-refractivity contribution >= 4 is 0 Å². The first kappa shape index (κ1) is 18.3. The normalized spacial score (nSPS) is 35.5. The lowest BCUT2D eigenvalue weighted by molar-refractivity contribution is -0.125. The van der Waals surface area contributed by atoms with E-state index in [4.69, 9.17) is 18.9 Å². The van der Waals surface area contributed by atoms with Crippen LogP contribution in [0.1, 0.15) is 56.1 Å². The quantitative estimate of drug-likeness (QED) is 0.699. The van der Waals surface area contributed by atoms with Crippen molar-refractivity contribution in [3.63, 3.8) is 0 Å². The van der Waals surface area contributed by atoms with E-state index >= 15 is 0 Å². The Morgan fingerprint density at radius 2 is 1.88 bits per heavy atom. The topological polar surface area (TPSA) is 36.9 Å². The van der Waals surface area contributed by atoms with Gasteiger partial charge in [0.1, 0.15) is 12.5 Å². The number of rotatable bonds is 6. The van der Waals surface area contributed by atoms with Crippen LogP contribution in [0.15, 0.2) is 18.2 Å². The molecule has 3 aliphatic carbocycles. The molecule has 0 aromatic heterocycles. The van der Waals surface area contributed by atoms with Gasteiger partial charge >= 0.3 is 0 Å². The lowest BCUT2D eigenvalue weighted by atomic mass is 9.55. The molecule has 0 spiro atoms. The third-order valence-corrected chi connectivity index (χ3v) is 7.34. The third-order valence-electron chi connectivity index (χ3n) is 7.34. The molecule has 0 amide bonds. The molecule has 0 saturated heterocycles. The highest BCUT2D eigenvalue weighted by Gasteiger charge is 2.55. The molecule has 5 atom stereocenters. The SMILES string of the molecule is COCOc1ccc2c(c1)CCC1C2CCC2(C)C(OCOC)CCC12. The van der Waals surface area contributed by atoms with Gasteiger partial charge in [0.05, 0.1) is 6.10 Å². The molecule has 0 aliphatic heterocycles. The van der Waals surface area contributed by atoms with Crippen LogP contribution < -0.4 is 4.74 Å². The van der Waals surface area contributed by atoms with Crippen LogP contribution in [0.3, 0.4) is 0 Å². The summed E-state index contributed by atoms with van der Waals surface area (Å²) in [5.41, 5.74) is 3.36. The first-order valence-corrected chi connectivity index (χ1v) is 10.0. The summed E-state index contributed by atoms with van der Waals surface area (Å²) in [6.07, 6.45) is 7.84.